The quantitative estimate of drug-likeness (QED) is 0.534. The Hall–Kier alpha value is -1.65. The van der Waals surface area contributed by atoms with Gasteiger partial charge in [0.05, 0.1) is 17.2 Å². The van der Waals surface area contributed by atoms with E-state index in [1.165, 1.54) is 0 Å². The molecule has 0 aliphatic heterocycles. The van der Waals surface area contributed by atoms with Crippen molar-refractivity contribution in [2.24, 2.45) is 0 Å². The van der Waals surface area contributed by atoms with Gasteiger partial charge in [-0.3, -0.25) is 15.6 Å². The molecular formula is C10H9BrN4OS. The van der Waals surface area contributed by atoms with Gasteiger partial charge in [0.15, 0.2) is 5.11 Å². The van der Waals surface area contributed by atoms with Gasteiger partial charge in [0, 0.05) is 11.5 Å². The SMILES string of the molecule is CNC(=S)NNC(=O)c1ccc(C#N)cc1Br. The van der Waals surface area contributed by atoms with Crippen LogP contribution in [-0.2, 0) is 0 Å². The summed E-state index contributed by atoms with van der Waals surface area (Å²) in [4.78, 5) is 11.7. The number of nitrogens with zero attached hydrogens (tertiary/aromatic N) is 1. The first-order valence-electron chi connectivity index (χ1n) is 4.56. The highest BCUT2D eigenvalue weighted by molar-refractivity contribution is 9.10. The van der Waals surface area contributed by atoms with Gasteiger partial charge in [0.25, 0.3) is 5.91 Å². The van der Waals surface area contributed by atoms with E-state index in [0.29, 0.717) is 20.7 Å². The lowest BCUT2D eigenvalue weighted by molar-refractivity contribution is 0.0943. The zero-order valence-corrected chi connectivity index (χ0v) is 11.3. The molecule has 0 unspecified atom stereocenters. The minimum Gasteiger partial charge on any atom is -0.364 e. The second-order valence-corrected chi connectivity index (χ2v) is 4.23. The summed E-state index contributed by atoms with van der Waals surface area (Å²) in [6, 6.07) is 6.68. The fourth-order valence-electron chi connectivity index (χ4n) is 1.01. The second kappa shape index (κ2) is 6.18. The zero-order valence-electron chi connectivity index (χ0n) is 8.87. The van der Waals surface area contributed by atoms with E-state index >= 15 is 0 Å². The first kappa shape index (κ1) is 13.4. The Morgan fingerprint density at radius 2 is 2.18 bits per heavy atom. The number of benzene rings is 1. The third kappa shape index (κ3) is 3.69. The summed E-state index contributed by atoms with van der Waals surface area (Å²) in [5.74, 6) is -0.348. The van der Waals surface area contributed by atoms with E-state index < -0.39 is 0 Å². The van der Waals surface area contributed by atoms with Crippen molar-refractivity contribution >= 4 is 39.2 Å². The average molecular weight is 313 g/mol. The van der Waals surface area contributed by atoms with Crippen LogP contribution in [-0.4, -0.2) is 18.1 Å². The van der Waals surface area contributed by atoms with Crippen LogP contribution in [0.2, 0.25) is 0 Å². The molecule has 0 saturated carbocycles. The monoisotopic (exact) mass is 312 g/mol. The number of halogens is 1. The van der Waals surface area contributed by atoms with Gasteiger partial charge < -0.3 is 5.32 Å². The van der Waals surface area contributed by atoms with E-state index in [-0.39, 0.29) is 5.91 Å². The largest absolute Gasteiger partial charge is 0.364 e. The van der Waals surface area contributed by atoms with Crippen LogP contribution in [0.15, 0.2) is 22.7 Å². The first-order chi connectivity index (χ1) is 8.08. The number of amides is 1. The fraction of sp³-hybridized carbons (Fsp3) is 0.100. The zero-order chi connectivity index (χ0) is 12.8. The molecule has 7 heteroatoms. The van der Waals surface area contributed by atoms with E-state index in [2.05, 4.69) is 32.1 Å². The van der Waals surface area contributed by atoms with Gasteiger partial charge >= 0.3 is 0 Å². The lowest BCUT2D eigenvalue weighted by atomic mass is 10.1. The average Bonchev–Trinajstić information content (AvgIpc) is 2.35. The van der Waals surface area contributed by atoms with Gasteiger partial charge in [-0.2, -0.15) is 5.26 Å². The Bertz CT molecular complexity index is 498. The molecule has 1 aromatic carbocycles. The third-order valence-corrected chi connectivity index (χ3v) is 2.82. The van der Waals surface area contributed by atoms with Crippen molar-refractivity contribution in [3.63, 3.8) is 0 Å². The Labute approximate surface area is 112 Å². The minimum atomic E-state index is -0.348. The van der Waals surface area contributed by atoms with Crippen molar-refractivity contribution in [2.75, 3.05) is 7.05 Å². The van der Waals surface area contributed by atoms with Gasteiger partial charge in [-0.25, -0.2) is 0 Å². The van der Waals surface area contributed by atoms with Crippen LogP contribution in [0.25, 0.3) is 0 Å². The van der Waals surface area contributed by atoms with Crippen molar-refractivity contribution in [1.82, 2.24) is 16.2 Å². The first-order valence-corrected chi connectivity index (χ1v) is 5.76. The minimum absolute atomic E-state index is 0.308. The van der Waals surface area contributed by atoms with Crippen LogP contribution in [0.3, 0.4) is 0 Å². The number of nitriles is 1. The van der Waals surface area contributed by atoms with Crippen molar-refractivity contribution in [2.45, 2.75) is 0 Å². The molecule has 0 heterocycles. The maximum atomic E-state index is 11.7. The Balaban J connectivity index is 2.77. The Morgan fingerprint density at radius 3 is 2.71 bits per heavy atom. The molecule has 1 aromatic rings. The molecule has 0 bridgehead atoms. The molecule has 0 spiro atoms. The van der Waals surface area contributed by atoms with Crippen LogP contribution in [0.5, 0.6) is 0 Å². The summed E-state index contributed by atoms with van der Waals surface area (Å²) >= 11 is 8.03. The highest BCUT2D eigenvalue weighted by Gasteiger charge is 2.10. The molecule has 0 fully saturated rings. The van der Waals surface area contributed by atoms with Crippen LogP contribution in [0.1, 0.15) is 15.9 Å². The summed E-state index contributed by atoms with van der Waals surface area (Å²) in [6.07, 6.45) is 0. The summed E-state index contributed by atoms with van der Waals surface area (Å²) in [5, 5.41) is 11.7. The molecule has 1 rings (SSSR count). The third-order valence-electron chi connectivity index (χ3n) is 1.86. The van der Waals surface area contributed by atoms with Crippen LogP contribution in [0.4, 0.5) is 0 Å². The lowest BCUT2D eigenvalue weighted by Crippen LogP contribution is -2.45. The van der Waals surface area contributed by atoms with Crippen molar-refractivity contribution < 1.29 is 4.79 Å². The van der Waals surface area contributed by atoms with Crippen LogP contribution >= 0.6 is 28.1 Å². The van der Waals surface area contributed by atoms with E-state index in [4.69, 9.17) is 17.5 Å². The van der Waals surface area contributed by atoms with Crippen molar-refractivity contribution in [3.05, 3.63) is 33.8 Å². The number of nitrogens with one attached hydrogen (secondary N) is 3. The van der Waals surface area contributed by atoms with Gasteiger partial charge in [0.2, 0.25) is 0 Å². The lowest BCUT2D eigenvalue weighted by Gasteiger charge is -2.09. The molecule has 0 aliphatic rings. The molecule has 0 aromatic heterocycles. The molecule has 88 valence electrons. The second-order valence-electron chi connectivity index (χ2n) is 2.96. The van der Waals surface area contributed by atoms with E-state index in [1.54, 1.807) is 25.2 Å². The van der Waals surface area contributed by atoms with Gasteiger partial charge in [-0.1, -0.05) is 0 Å². The van der Waals surface area contributed by atoms with E-state index in [1.807, 2.05) is 6.07 Å². The Kier molecular flexibility index (Phi) is 4.87. The summed E-state index contributed by atoms with van der Waals surface area (Å²) in [6.45, 7) is 0. The topological polar surface area (TPSA) is 76.9 Å². The molecule has 0 radical (unpaired) electrons. The molecule has 17 heavy (non-hydrogen) atoms. The van der Waals surface area contributed by atoms with Crippen LogP contribution < -0.4 is 16.2 Å². The highest BCUT2D eigenvalue weighted by Crippen LogP contribution is 2.17. The summed E-state index contributed by atoms with van der Waals surface area (Å²) in [5.41, 5.74) is 5.83. The maximum Gasteiger partial charge on any atom is 0.270 e. The smallest absolute Gasteiger partial charge is 0.270 e. The standard InChI is InChI=1S/C10H9BrN4OS/c1-13-10(17)15-14-9(16)7-3-2-6(5-12)4-8(7)11/h2-4H,1H3,(H,14,16)(H2,13,15,17). The molecule has 5 nitrogen and oxygen atoms in total. The predicted octanol–water partition coefficient (Wildman–Crippen LogP) is 1.06. The summed E-state index contributed by atoms with van der Waals surface area (Å²) in [7, 11) is 1.64. The molecule has 0 atom stereocenters. The number of hydrogen-bond donors (Lipinski definition) is 3. The number of thiocarbonyl (C=S) groups is 1. The fourth-order valence-corrected chi connectivity index (χ4v) is 1.62. The molecule has 1 amide bonds. The number of rotatable bonds is 1. The normalized spacial score (nSPS) is 9.00. The molecule has 3 N–H and O–H groups in total. The van der Waals surface area contributed by atoms with Crippen molar-refractivity contribution in [3.8, 4) is 6.07 Å². The van der Waals surface area contributed by atoms with Gasteiger partial charge in [-0.15, -0.1) is 0 Å². The number of carbonyl (C=O) groups excluding carboxylic acids is 1. The van der Waals surface area contributed by atoms with E-state index in [0.717, 1.165) is 0 Å². The van der Waals surface area contributed by atoms with Crippen LogP contribution in [0, 0.1) is 11.3 Å². The number of hydrogen-bond acceptors (Lipinski definition) is 3. The highest BCUT2D eigenvalue weighted by atomic mass is 79.9. The number of carbonyl (C=O) groups is 1. The molecular weight excluding hydrogens is 304 g/mol. The maximum absolute atomic E-state index is 11.7. The molecule has 0 saturated heterocycles. The number of hydrazine groups is 1. The van der Waals surface area contributed by atoms with Gasteiger partial charge in [-0.05, 0) is 46.3 Å². The summed E-state index contributed by atoms with van der Waals surface area (Å²) < 4.78 is 0.547. The Morgan fingerprint density at radius 1 is 1.47 bits per heavy atom. The molecule has 0 aliphatic carbocycles. The van der Waals surface area contributed by atoms with Gasteiger partial charge in [0.1, 0.15) is 0 Å². The predicted molar refractivity (Wildman–Crippen MR) is 71.1 cm³/mol. The van der Waals surface area contributed by atoms with E-state index in [9.17, 15) is 4.79 Å². The van der Waals surface area contributed by atoms with Crippen molar-refractivity contribution in [1.29, 1.82) is 5.26 Å².